The molecule has 1 radical (unpaired) electrons. The molecule has 0 aromatic rings. The van der Waals surface area contributed by atoms with E-state index >= 15 is 0 Å². The number of aliphatic hydroxyl groups excluding tert-OH is 4. The maximum absolute atomic E-state index is 10.7. The van der Waals surface area contributed by atoms with Crippen LogP contribution in [0.1, 0.15) is 0 Å². The Kier molecular flexibility index (Phi) is 2.99. The second kappa shape index (κ2) is 3.65. The third-order valence-electron chi connectivity index (χ3n) is 1.85. The molecule has 0 spiro atoms. The van der Waals surface area contributed by atoms with Gasteiger partial charge in [-0.1, -0.05) is 0 Å². The highest BCUT2D eigenvalue weighted by Crippen LogP contribution is 2.19. The second-order valence-corrected chi connectivity index (χ2v) is 2.70. The highest BCUT2D eigenvalue weighted by molar-refractivity contribution is 4.87. The Hall–Kier alpha value is -0.240. The van der Waals surface area contributed by atoms with Crippen LogP contribution >= 0.6 is 0 Å². The van der Waals surface area contributed by atoms with E-state index in [1.54, 1.807) is 0 Å². The van der Waals surface area contributed by atoms with Crippen molar-refractivity contribution in [2.45, 2.75) is 30.7 Å². The molecule has 0 aromatic carbocycles. The number of hydrogen-bond donors (Lipinski definition) is 4. The van der Waals surface area contributed by atoms with Gasteiger partial charge < -0.3 is 25.2 Å². The summed E-state index contributed by atoms with van der Waals surface area (Å²) >= 11 is 0. The van der Waals surface area contributed by atoms with E-state index in [-0.39, 0.29) is 0 Å². The molecule has 71 valence electrons. The maximum atomic E-state index is 10.7. The van der Waals surface area contributed by atoms with Crippen molar-refractivity contribution in [1.82, 2.24) is 0 Å². The van der Waals surface area contributed by atoms with Crippen molar-refractivity contribution in [2.24, 2.45) is 0 Å². The maximum Gasteiger partial charge on any atom is 0.220 e. The molecule has 5 atom stereocenters. The fourth-order valence-corrected chi connectivity index (χ4v) is 1.07. The van der Waals surface area contributed by atoms with Crippen LogP contribution in [0.15, 0.2) is 0 Å². The molecule has 0 aromatic heterocycles. The normalized spacial score (nSPS) is 49.2. The van der Waals surface area contributed by atoms with Crippen LogP contribution in [0.5, 0.6) is 0 Å². The largest absolute Gasteiger partial charge is 0.394 e. The fraction of sp³-hybridized carbons (Fsp3) is 1.00. The third-order valence-corrected chi connectivity index (χ3v) is 1.85. The molecular formula is C6H11O6. The molecule has 0 saturated carbocycles. The van der Waals surface area contributed by atoms with Crippen LogP contribution in [-0.2, 0) is 9.84 Å². The van der Waals surface area contributed by atoms with Gasteiger partial charge in [0.15, 0.2) is 0 Å². The fourth-order valence-electron chi connectivity index (χ4n) is 1.07. The molecule has 0 aliphatic carbocycles. The van der Waals surface area contributed by atoms with E-state index in [1.807, 2.05) is 0 Å². The van der Waals surface area contributed by atoms with Crippen LogP contribution in [0.2, 0.25) is 0 Å². The molecule has 1 heterocycles. The van der Waals surface area contributed by atoms with Crippen molar-refractivity contribution in [3.8, 4) is 0 Å². The molecule has 12 heavy (non-hydrogen) atoms. The summed E-state index contributed by atoms with van der Waals surface area (Å²) in [6.45, 7) is -0.566. The summed E-state index contributed by atoms with van der Waals surface area (Å²) in [5, 5.41) is 46.3. The minimum Gasteiger partial charge on any atom is -0.394 e. The van der Waals surface area contributed by atoms with E-state index in [0.29, 0.717) is 0 Å². The van der Waals surface area contributed by atoms with Gasteiger partial charge in [0, 0.05) is 0 Å². The van der Waals surface area contributed by atoms with Gasteiger partial charge in [-0.15, -0.1) is 0 Å². The minimum atomic E-state index is -1.82. The van der Waals surface area contributed by atoms with Crippen molar-refractivity contribution in [3.63, 3.8) is 0 Å². The zero-order chi connectivity index (χ0) is 9.30. The van der Waals surface area contributed by atoms with E-state index in [1.165, 1.54) is 0 Å². The van der Waals surface area contributed by atoms with Crippen LogP contribution in [-0.4, -0.2) is 57.7 Å². The van der Waals surface area contributed by atoms with Gasteiger partial charge in [0.2, 0.25) is 6.29 Å². The van der Waals surface area contributed by atoms with Crippen LogP contribution in [0.3, 0.4) is 0 Å². The Morgan fingerprint density at radius 3 is 2.17 bits per heavy atom. The molecule has 1 aliphatic heterocycles. The van der Waals surface area contributed by atoms with Crippen molar-refractivity contribution >= 4 is 0 Å². The first-order valence-corrected chi connectivity index (χ1v) is 3.54. The van der Waals surface area contributed by atoms with E-state index in [2.05, 4.69) is 4.74 Å². The van der Waals surface area contributed by atoms with Crippen LogP contribution in [0, 0.1) is 0 Å². The monoisotopic (exact) mass is 179 g/mol. The van der Waals surface area contributed by atoms with E-state index in [0.717, 1.165) is 0 Å². The Bertz CT molecular complexity index is 146. The minimum absolute atomic E-state index is 0.566. The molecule has 4 N–H and O–H groups in total. The first-order valence-electron chi connectivity index (χ1n) is 3.54. The Morgan fingerprint density at radius 2 is 1.67 bits per heavy atom. The van der Waals surface area contributed by atoms with Gasteiger partial charge in [0.25, 0.3) is 0 Å². The van der Waals surface area contributed by atoms with Gasteiger partial charge >= 0.3 is 0 Å². The smallest absolute Gasteiger partial charge is 0.220 e. The highest BCUT2D eigenvalue weighted by Gasteiger charge is 2.43. The van der Waals surface area contributed by atoms with E-state index in [9.17, 15) is 5.11 Å². The number of aliphatic hydroxyl groups is 4. The first-order chi connectivity index (χ1) is 5.57. The van der Waals surface area contributed by atoms with Gasteiger partial charge in [-0.25, -0.2) is 0 Å². The highest BCUT2D eigenvalue weighted by atomic mass is 16.6. The molecule has 0 unspecified atom stereocenters. The summed E-state index contributed by atoms with van der Waals surface area (Å²) in [5.74, 6) is 0. The second-order valence-electron chi connectivity index (χ2n) is 2.70. The molecule has 1 rings (SSSR count). The summed E-state index contributed by atoms with van der Waals surface area (Å²) in [6.07, 6.45) is -7.57. The molecule has 1 aliphatic rings. The van der Waals surface area contributed by atoms with Crippen LogP contribution in [0.4, 0.5) is 0 Å². The van der Waals surface area contributed by atoms with E-state index < -0.39 is 37.3 Å². The Balaban J connectivity index is 2.63. The molecule has 6 nitrogen and oxygen atoms in total. The zero-order valence-electron chi connectivity index (χ0n) is 6.20. The molecule has 6 heteroatoms. The van der Waals surface area contributed by atoms with Crippen LogP contribution in [0.25, 0.3) is 0 Å². The number of rotatable bonds is 1. The van der Waals surface area contributed by atoms with Gasteiger partial charge in [-0.2, -0.15) is 5.11 Å². The first kappa shape index (κ1) is 9.85. The van der Waals surface area contributed by atoms with Crippen molar-refractivity contribution in [3.05, 3.63) is 0 Å². The molecule has 0 amide bonds. The summed E-state index contributed by atoms with van der Waals surface area (Å²) < 4.78 is 4.46. The quantitative estimate of drug-likeness (QED) is 0.348. The lowest BCUT2D eigenvalue weighted by molar-refractivity contribution is -0.303. The molecular weight excluding hydrogens is 168 g/mol. The van der Waals surface area contributed by atoms with Crippen molar-refractivity contribution < 1.29 is 30.3 Å². The zero-order valence-corrected chi connectivity index (χ0v) is 6.20. The SMILES string of the molecule is [O][C@H]1O[C@H](CO)[C@@H](O)[C@H](O)[C@@H]1O. The average Bonchev–Trinajstić information content (AvgIpc) is 2.08. The predicted octanol–water partition coefficient (Wildman–Crippen LogP) is -2.78. The lowest BCUT2D eigenvalue weighted by atomic mass is 10.00. The van der Waals surface area contributed by atoms with Crippen molar-refractivity contribution in [1.29, 1.82) is 0 Å². The average molecular weight is 179 g/mol. The van der Waals surface area contributed by atoms with Crippen molar-refractivity contribution in [2.75, 3.05) is 6.61 Å². The topological polar surface area (TPSA) is 110 Å². The molecule has 0 bridgehead atoms. The Labute approximate surface area is 68.6 Å². The Morgan fingerprint density at radius 1 is 1.08 bits per heavy atom. The standard InChI is InChI=1S/C6H11O6/c7-1-2-3(8)4(9)5(10)6(11)12-2/h2-10H,1H2/t2-,3-,4+,5+,6+/m1/s1. The van der Waals surface area contributed by atoms with Gasteiger partial charge in [0.1, 0.15) is 24.4 Å². The number of hydrogen-bond acceptors (Lipinski definition) is 5. The van der Waals surface area contributed by atoms with E-state index in [4.69, 9.17) is 20.4 Å². The summed E-state index contributed by atoms with van der Waals surface area (Å²) in [5.41, 5.74) is 0. The summed E-state index contributed by atoms with van der Waals surface area (Å²) in [4.78, 5) is 0. The van der Waals surface area contributed by atoms with Crippen LogP contribution < -0.4 is 0 Å². The lowest BCUT2D eigenvalue weighted by Crippen LogP contribution is -2.58. The molecule has 1 saturated heterocycles. The van der Waals surface area contributed by atoms with Gasteiger partial charge in [-0.05, 0) is 0 Å². The summed E-state index contributed by atoms with van der Waals surface area (Å²) in [7, 11) is 0. The lowest BCUT2D eigenvalue weighted by Gasteiger charge is -2.36. The molecule has 1 fully saturated rings. The van der Waals surface area contributed by atoms with Gasteiger partial charge in [-0.3, -0.25) is 0 Å². The third kappa shape index (κ3) is 1.58. The summed E-state index contributed by atoms with van der Waals surface area (Å²) in [6, 6.07) is 0. The predicted molar refractivity (Wildman–Crippen MR) is 34.5 cm³/mol. The van der Waals surface area contributed by atoms with Gasteiger partial charge in [0.05, 0.1) is 6.61 Å². The number of ether oxygens (including phenoxy) is 1.